The third-order valence-corrected chi connectivity index (χ3v) is 5.15. The zero-order valence-corrected chi connectivity index (χ0v) is 17.0. The number of oxime groups is 1. The van der Waals surface area contributed by atoms with Gasteiger partial charge in [-0.15, -0.1) is 0 Å². The Hall–Kier alpha value is -1.67. The third-order valence-electron chi connectivity index (χ3n) is 4.55. The average Bonchev–Trinajstić information content (AvgIpc) is 3.40. The summed E-state index contributed by atoms with van der Waals surface area (Å²) in [5.41, 5.74) is 1.07. The lowest BCUT2D eigenvalue weighted by Gasteiger charge is -2.20. The second kappa shape index (κ2) is 9.01. The Morgan fingerprint density at radius 3 is 2.89 bits per heavy atom. The average molecular weight is 444 g/mol. The summed E-state index contributed by atoms with van der Waals surface area (Å²) in [6.45, 7) is 2.95. The van der Waals surface area contributed by atoms with Crippen molar-refractivity contribution in [1.82, 2.24) is 0 Å². The number of nitrogens with zero attached hydrogens (tertiary/aromatic N) is 1. The van der Waals surface area contributed by atoms with Crippen LogP contribution in [0, 0.1) is 11.7 Å². The van der Waals surface area contributed by atoms with E-state index in [-0.39, 0.29) is 28.9 Å². The van der Waals surface area contributed by atoms with E-state index in [9.17, 15) is 9.18 Å². The minimum atomic E-state index is -0.767. The molecule has 0 saturated heterocycles. The van der Waals surface area contributed by atoms with Crippen molar-refractivity contribution in [2.45, 2.75) is 44.8 Å². The Bertz CT molecular complexity index is 722. The molecule has 0 amide bonds. The van der Waals surface area contributed by atoms with Crippen molar-refractivity contribution in [2.24, 2.45) is 11.1 Å². The Morgan fingerprint density at radius 1 is 1.44 bits per heavy atom. The molecule has 6 nitrogen and oxygen atoms in total. The van der Waals surface area contributed by atoms with Crippen LogP contribution in [0.4, 0.5) is 4.39 Å². The van der Waals surface area contributed by atoms with E-state index < -0.39 is 17.9 Å². The van der Waals surface area contributed by atoms with Crippen LogP contribution in [0.1, 0.15) is 38.2 Å². The minimum absolute atomic E-state index is 0.0791. The van der Waals surface area contributed by atoms with Gasteiger partial charge in [0, 0.05) is 24.2 Å². The van der Waals surface area contributed by atoms with E-state index in [4.69, 9.17) is 19.0 Å². The van der Waals surface area contributed by atoms with Crippen molar-refractivity contribution >= 4 is 27.6 Å². The molecule has 1 heterocycles. The van der Waals surface area contributed by atoms with Crippen LogP contribution in [0.15, 0.2) is 21.8 Å². The predicted molar refractivity (Wildman–Crippen MR) is 100 cm³/mol. The fourth-order valence-electron chi connectivity index (χ4n) is 2.85. The smallest absolute Gasteiger partial charge is 0.347 e. The molecule has 3 rings (SSSR count). The van der Waals surface area contributed by atoms with Gasteiger partial charge >= 0.3 is 5.97 Å². The van der Waals surface area contributed by atoms with Crippen LogP contribution in [0.5, 0.6) is 5.75 Å². The van der Waals surface area contributed by atoms with E-state index in [0.29, 0.717) is 17.9 Å². The van der Waals surface area contributed by atoms with Gasteiger partial charge in [-0.05, 0) is 41.3 Å². The van der Waals surface area contributed by atoms with Gasteiger partial charge in [0.15, 0.2) is 6.10 Å². The Morgan fingerprint density at radius 2 is 2.22 bits per heavy atom. The Balaban J connectivity index is 1.88. The highest BCUT2D eigenvalue weighted by molar-refractivity contribution is 9.10. The molecule has 0 spiro atoms. The number of ether oxygens (including phenoxy) is 3. The summed E-state index contributed by atoms with van der Waals surface area (Å²) in [7, 11) is 1.32. The van der Waals surface area contributed by atoms with Crippen LogP contribution in [0.3, 0.4) is 0 Å². The molecule has 2 aliphatic rings. The maximum absolute atomic E-state index is 14.2. The highest BCUT2D eigenvalue weighted by atomic mass is 79.9. The Labute approximate surface area is 166 Å². The number of methoxy groups -OCH3 is 1. The number of rotatable bonds is 9. The van der Waals surface area contributed by atoms with Gasteiger partial charge < -0.3 is 19.0 Å². The number of esters is 1. The van der Waals surface area contributed by atoms with Crippen molar-refractivity contribution in [3.05, 3.63) is 28.0 Å². The highest BCUT2D eigenvalue weighted by Crippen LogP contribution is 2.38. The fourth-order valence-corrected chi connectivity index (χ4v) is 3.19. The van der Waals surface area contributed by atoms with Gasteiger partial charge in [0.1, 0.15) is 30.0 Å². The molecule has 1 fully saturated rings. The first-order valence-corrected chi connectivity index (χ1v) is 9.89. The van der Waals surface area contributed by atoms with E-state index in [2.05, 4.69) is 28.0 Å². The van der Waals surface area contributed by atoms with Gasteiger partial charge in [-0.2, -0.15) is 0 Å². The van der Waals surface area contributed by atoms with Crippen molar-refractivity contribution in [1.29, 1.82) is 0 Å². The maximum atomic E-state index is 14.2. The van der Waals surface area contributed by atoms with Crippen LogP contribution in [-0.4, -0.2) is 44.2 Å². The van der Waals surface area contributed by atoms with Crippen LogP contribution in [0.25, 0.3) is 0 Å². The van der Waals surface area contributed by atoms with E-state index in [1.807, 2.05) is 0 Å². The zero-order chi connectivity index (χ0) is 19.4. The van der Waals surface area contributed by atoms with E-state index >= 15 is 0 Å². The number of hydrogen-bond donors (Lipinski definition) is 0. The molecule has 1 aliphatic carbocycles. The van der Waals surface area contributed by atoms with Gasteiger partial charge in [-0.3, -0.25) is 0 Å². The van der Waals surface area contributed by atoms with Gasteiger partial charge in [0.25, 0.3) is 0 Å². The SMILES string of the molecule is CCCCOC1CON=C1c1cc(Br)c(F)cc1OC(C(=O)OC)C1CC1. The van der Waals surface area contributed by atoms with E-state index in [1.165, 1.54) is 13.2 Å². The van der Waals surface area contributed by atoms with Gasteiger partial charge in [0.05, 0.1) is 11.6 Å². The lowest BCUT2D eigenvalue weighted by Crippen LogP contribution is -2.32. The molecule has 27 heavy (non-hydrogen) atoms. The van der Waals surface area contributed by atoms with Gasteiger partial charge in [-0.25, -0.2) is 9.18 Å². The molecular weight excluding hydrogens is 421 g/mol. The predicted octanol–water partition coefficient (Wildman–Crippen LogP) is 3.84. The van der Waals surface area contributed by atoms with E-state index in [0.717, 1.165) is 25.7 Å². The molecule has 2 atom stereocenters. The summed E-state index contributed by atoms with van der Waals surface area (Å²) in [4.78, 5) is 17.3. The van der Waals surface area contributed by atoms with Crippen LogP contribution < -0.4 is 4.74 Å². The summed E-state index contributed by atoms with van der Waals surface area (Å²) in [6, 6.07) is 2.83. The molecule has 0 N–H and O–H groups in total. The number of benzene rings is 1. The standard InChI is InChI=1S/C19H23BrFNO5/c1-3-4-7-25-16-10-26-22-17(16)12-8-13(20)14(21)9-15(12)27-18(11-5-6-11)19(23)24-2/h8-9,11,16,18H,3-7,10H2,1-2H3. The number of carbonyl (C=O) groups is 1. The molecule has 1 aromatic carbocycles. The van der Waals surface area contributed by atoms with Crippen LogP contribution in [0.2, 0.25) is 0 Å². The molecule has 2 unspecified atom stereocenters. The largest absolute Gasteiger partial charge is 0.478 e. The van der Waals surface area contributed by atoms with Gasteiger partial charge in [-0.1, -0.05) is 18.5 Å². The van der Waals surface area contributed by atoms with Crippen molar-refractivity contribution < 1.29 is 28.2 Å². The van der Waals surface area contributed by atoms with Crippen molar-refractivity contribution in [2.75, 3.05) is 20.3 Å². The number of unbranched alkanes of at least 4 members (excludes halogenated alkanes) is 1. The lowest BCUT2D eigenvalue weighted by atomic mass is 10.0. The van der Waals surface area contributed by atoms with Crippen molar-refractivity contribution in [3.8, 4) is 5.75 Å². The zero-order valence-electron chi connectivity index (χ0n) is 15.4. The third kappa shape index (κ3) is 4.79. The Kier molecular flexibility index (Phi) is 6.70. The molecule has 0 aromatic heterocycles. The topological polar surface area (TPSA) is 66.3 Å². The number of halogens is 2. The molecule has 148 valence electrons. The van der Waals surface area contributed by atoms with E-state index in [1.54, 1.807) is 6.07 Å². The summed E-state index contributed by atoms with van der Waals surface area (Å²) in [6.07, 6.45) is 2.55. The summed E-state index contributed by atoms with van der Waals surface area (Å²) >= 11 is 3.20. The molecule has 1 aliphatic heterocycles. The summed E-state index contributed by atoms with van der Waals surface area (Å²) in [5.74, 6) is -0.648. The monoisotopic (exact) mass is 443 g/mol. The quantitative estimate of drug-likeness (QED) is 0.428. The van der Waals surface area contributed by atoms with Gasteiger partial charge in [0.2, 0.25) is 0 Å². The van der Waals surface area contributed by atoms with Crippen molar-refractivity contribution in [3.63, 3.8) is 0 Å². The first kappa shape index (κ1) is 20.1. The van der Waals surface area contributed by atoms with Crippen LogP contribution in [-0.2, 0) is 19.1 Å². The molecule has 0 radical (unpaired) electrons. The molecule has 8 heteroatoms. The molecular formula is C19H23BrFNO5. The van der Waals surface area contributed by atoms with Crippen LogP contribution >= 0.6 is 15.9 Å². The molecule has 1 aromatic rings. The number of hydrogen-bond acceptors (Lipinski definition) is 6. The summed E-state index contributed by atoms with van der Waals surface area (Å²) in [5, 5.41) is 4.08. The second-order valence-electron chi connectivity index (χ2n) is 6.65. The lowest BCUT2D eigenvalue weighted by molar-refractivity contribution is -0.149. The summed E-state index contributed by atoms with van der Waals surface area (Å²) < 4.78 is 31.1. The minimum Gasteiger partial charge on any atom is -0.478 e. The number of carbonyl (C=O) groups excluding carboxylic acids is 1. The fraction of sp³-hybridized carbons (Fsp3) is 0.579. The molecule has 0 bridgehead atoms. The molecule has 1 saturated carbocycles. The first-order valence-electron chi connectivity index (χ1n) is 9.10. The maximum Gasteiger partial charge on any atom is 0.347 e. The normalized spacial score (nSPS) is 20.0. The first-order chi connectivity index (χ1) is 13.0. The second-order valence-corrected chi connectivity index (χ2v) is 7.50. The highest BCUT2D eigenvalue weighted by Gasteiger charge is 2.40.